The smallest absolute Gasteiger partial charge is 0.251 e. The average molecular weight is 535 g/mol. The van der Waals surface area contributed by atoms with Crippen LogP contribution in [0.5, 0.6) is 0 Å². The van der Waals surface area contributed by atoms with Gasteiger partial charge in [-0.15, -0.1) is 5.10 Å². The molecule has 2 aromatic carbocycles. The standard InChI is InChI=1S/C17H25N5O.C10H13N5O/c1-12(21-22-17(18)19-2)13-7-6-8-14(11-13)16(23)20-15-9-4-3-5-10-15;1-6(14-15-10(12)13)7-3-2-4-8(5-7)9(11)16/h6-8,11,15H,3-5,9-10H2,1-2H3,(H,20,23)(H3,18,19,22);2-5H,1H3,(H2,11,16)(H4,12,13,15)/b21-12+;14-6+. The van der Waals surface area contributed by atoms with Crippen LogP contribution in [0.3, 0.4) is 0 Å². The fourth-order valence-corrected chi connectivity index (χ4v) is 3.74. The van der Waals surface area contributed by atoms with E-state index in [1.165, 1.54) is 19.3 Å². The number of benzene rings is 2. The first kappa shape index (κ1) is 30.5. The number of amides is 2. The van der Waals surface area contributed by atoms with Crippen LogP contribution in [0.1, 0.15) is 77.8 Å². The number of nitrogens with one attached hydrogen (secondary N) is 2. The number of hydrogen-bond acceptors (Lipinski definition) is 6. The third kappa shape index (κ3) is 10.6. The molecule has 0 aliphatic heterocycles. The van der Waals surface area contributed by atoms with Crippen LogP contribution in [0, 0.1) is 0 Å². The number of hydrazone groups is 1. The van der Waals surface area contributed by atoms with Gasteiger partial charge in [-0.3, -0.25) is 14.6 Å². The Morgan fingerprint density at radius 2 is 1.36 bits per heavy atom. The fourth-order valence-electron chi connectivity index (χ4n) is 3.74. The molecule has 0 unspecified atom stereocenters. The molecular formula is C27H38N10O2. The minimum absolute atomic E-state index is 0.0193. The summed E-state index contributed by atoms with van der Waals surface area (Å²) in [6, 6.07) is 14.5. The van der Waals surface area contributed by atoms with E-state index in [0.29, 0.717) is 22.9 Å². The lowest BCUT2D eigenvalue weighted by Crippen LogP contribution is -2.36. The summed E-state index contributed by atoms with van der Waals surface area (Å²) in [5.74, 6) is -0.383. The third-order valence-electron chi connectivity index (χ3n) is 5.94. The van der Waals surface area contributed by atoms with Crippen LogP contribution in [0.15, 0.2) is 68.8 Å². The molecule has 208 valence electrons. The maximum atomic E-state index is 12.4. The summed E-state index contributed by atoms with van der Waals surface area (Å²) in [5, 5.41) is 14.6. The number of primary amides is 1. The fraction of sp³-hybridized carbons (Fsp3) is 0.333. The highest BCUT2D eigenvalue weighted by molar-refractivity contribution is 6.03. The summed E-state index contributed by atoms with van der Waals surface area (Å²) < 4.78 is 0. The summed E-state index contributed by atoms with van der Waals surface area (Å²) in [4.78, 5) is 27.1. The number of carbonyl (C=O) groups is 2. The minimum Gasteiger partial charge on any atom is -0.369 e. The average Bonchev–Trinajstić information content (AvgIpc) is 2.95. The van der Waals surface area contributed by atoms with Gasteiger partial charge < -0.3 is 28.3 Å². The van der Waals surface area contributed by atoms with Crippen molar-refractivity contribution >= 4 is 35.2 Å². The molecule has 0 heterocycles. The maximum Gasteiger partial charge on any atom is 0.251 e. The number of aliphatic imine (C=N–C) groups is 1. The second-order valence-corrected chi connectivity index (χ2v) is 8.96. The summed E-state index contributed by atoms with van der Waals surface area (Å²) in [6.45, 7) is 3.58. The van der Waals surface area contributed by atoms with Crippen LogP contribution in [-0.4, -0.2) is 48.2 Å². The van der Waals surface area contributed by atoms with Crippen LogP contribution in [0.4, 0.5) is 0 Å². The predicted molar refractivity (Wildman–Crippen MR) is 157 cm³/mol. The topological polar surface area (TPSA) is 212 Å². The Labute approximate surface area is 228 Å². The first-order valence-corrected chi connectivity index (χ1v) is 12.6. The Balaban J connectivity index is 0.000000293. The quantitative estimate of drug-likeness (QED) is 0.177. The van der Waals surface area contributed by atoms with Gasteiger partial charge in [0, 0.05) is 24.2 Å². The van der Waals surface area contributed by atoms with Gasteiger partial charge in [0.25, 0.3) is 5.91 Å². The van der Waals surface area contributed by atoms with Crippen LogP contribution >= 0.6 is 0 Å². The van der Waals surface area contributed by atoms with Gasteiger partial charge in [-0.05, 0) is 62.1 Å². The monoisotopic (exact) mass is 534 g/mol. The zero-order chi connectivity index (χ0) is 28.8. The van der Waals surface area contributed by atoms with Crippen molar-refractivity contribution in [2.24, 2.45) is 43.2 Å². The first-order chi connectivity index (χ1) is 18.6. The van der Waals surface area contributed by atoms with Crippen LogP contribution in [-0.2, 0) is 0 Å². The number of carbonyl (C=O) groups excluding carboxylic acids is 2. The van der Waals surface area contributed by atoms with E-state index in [0.717, 1.165) is 29.7 Å². The van der Waals surface area contributed by atoms with E-state index in [1.54, 1.807) is 38.2 Å². The van der Waals surface area contributed by atoms with Crippen molar-refractivity contribution in [2.75, 3.05) is 7.05 Å². The Morgan fingerprint density at radius 1 is 0.795 bits per heavy atom. The van der Waals surface area contributed by atoms with Gasteiger partial charge in [0.1, 0.15) is 0 Å². The maximum absolute atomic E-state index is 12.4. The van der Waals surface area contributed by atoms with Crippen molar-refractivity contribution in [3.8, 4) is 0 Å². The number of nitrogens with two attached hydrogens (primary N) is 4. The van der Waals surface area contributed by atoms with Crippen LogP contribution < -0.4 is 33.7 Å². The molecule has 2 aromatic rings. The van der Waals surface area contributed by atoms with E-state index in [1.807, 2.05) is 31.2 Å². The lowest BCUT2D eigenvalue weighted by molar-refractivity contribution is 0.0926. The third-order valence-corrected chi connectivity index (χ3v) is 5.94. The van der Waals surface area contributed by atoms with E-state index in [4.69, 9.17) is 22.9 Å². The Bertz CT molecular complexity index is 1260. The zero-order valence-corrected chi connectivity index (χ0v) is 22.6. The molecule has 0 atom stereocenters. The molecule has 10 N–H and O–H groups in total. The highest BCUT2D eigenvalue weighted by Crippen LogP contribution is 2.18. The lowest BCUT2D eigenvalue weighted by Gasteiger charge is -2.22. The van der Waals surface area contributed by atoms with E-state index in [-0.39, 0.29) is 17.8 Å². The van der Waals surface area contributed by atoms with Crippen LogP contribution in [0.25, 0.3) is 0 Å². The first-order valence-electron chi connectivity index (χ1n) is 12.6. The molecule has 0 aromatic heterocycles. The highest BCUT2D eigenvalue weighted by Gasteiger charge is 2.17. The molecule has 12 heteroatoms. The zero-order valence-electron chi connectivity index (χ0n) is 22.6. The number of hydrogen-bond donors (Lipinski definition) is 6. The largest absolute Gasteiger partial charge is 0.369 e. The Morgan fingerprint density at radius 3 is 1.95 bits per heavy atom. The number of guanidine groups is 2. The molecule has 0 bridgehead atoms. The van der Waals surface area contributed by atoms with Crippen molar-refractivity contribution in [1.82, 2.24) is 10.7 Å². The Kier molecular flexibility index (Phi) is 12.1. The molecular weight excluding hydrogens is 496 g/mol. The highest BCUT2D eigenvalue weighted by atomic mass is 16.2. The summed E-state index contributed by atoms with van der Waals surface area (Å²) in [6.07, 6.45) is 5.82. The van der Waals surface area contributed by atoms with Gasteiger partial charge >= 0.3 is 0 Å². The van der Waals surface area contributed by atoms with Crippen molar-refractivity contribution in [3.05, 3.63) is 70.8 Å². The van der Waals surface area contributed by atoms with E-state index in [2.05, 4.69) is 31.0 Å². The van der Waals surface area contributed by atoms with E-state index >= 15 is 0 Å². The van der Waals surface area contributed by atoms with Crippen molar-refractivity contribution < 1.29 is 9.59 Å². The van der Waals surface area contributed by atoms with E-state index in [9.17, 15) is 9.59 Å². The second kappa shape index (κ2) is 15.5. The molecule has 0 spiro atoms. The Hall–Kier alpha value is -4.74. The number of rotatable bonds is 7. The van der Waals surface area contributed by atoms with E-state index < -0.39 is 5.91 Å². The predicted octanol–water partition coefficient (Wildman–Crippen LogP) is 1.79. The molecule has 0 saturated heterocycles. The molecule has 0 radical (unpaired) electrons. The molecule has 1 fully saturated rings. The second-order valence-electron chi connectivity index (χ2n) is 8.96. The molecule has 1 aliphatic carbocycles. The lowest BCUT2D eigenvalue weighted by atomic mass is 9.95. The van der Waals surface area contributed by atoms with Crippen LogP contribution in [0.2, 0.25) is 0 Å². The summed E-state index contributed by atoms with van der Waals surface area (Å²) in [7, 11) is 1.59. The molecule has 1 aliphatic rings. The van der Waals surface area contributed by atoms with Crippen molar-refractivity contribution in [1.29, 1.82) is 0 Å². The van der Waals surface area contributed by atoms with Gasteiger partial charge in [-0.2, -0.15) is 10.2 Å². The van der Waals surface area contributed by atoms with Gasteiger partial charge in [0.2, 0.25) is 17.8 Å². The molecule has 12 nitrogen and oxygen atoms in total. The van der Waals surface area contributed by atoms with Gasteiger partial charge in [-0.25, -0.2) is 5.43 Å². The minimum atomic E-state index is -0.489. The van der Waals surface area contributed by atoms with Crippen molar-refractivity contribution in [3.63, 3.8) is 0 Å². The molecule has 39 heavy (non-hydrogen) atoms. The normalized spacial score (nSPS) is 14.5. The molecule has 3 rings (SSSR count). The summed E-state index contributed by atoms with van der Waals surface area (Å²) >= 11 is 0. The van der Waals surface area contributed by atoms with Gasteiger partial charge in [0.05, 0.1) is 11.4 Å². The summed E-state index contributed by atoms with van der Waals surface area (Å²) in [5.41, 5.74) is 27.7. The molecule has 1 saturated carbocycles. The van der Waals surface area contributed by atoms with Gasteiger partial charge in [-0.1, -0.05) is 43.5 Å². The van der Waals surface area contributed by atoms with Gasteiger partial charge in [0.15, 0.2) is 0 Å². The van der Waals surface area contributed by atoms with Crippen molar-refractivity contribution in [2.45, 2.75) is 52.0 Å². The SMILES string of the molecule is C/C(=N\N=C(N)N)c1cccc(C(N)=O)c1.CN=C(N)N/N=C(\C)c1cccc(C(=O)NC2CCCCC2)c1. The molecule has 2 amide bonds. The number of nitrogens with zero attached hydrogens (tertiary/aromatic N) is 4.